The maximum atomic E-state index is 12.5. The zero-order chi connectivity index (χ0) is 15.7. The molecular weight excluding hydrogens is 304 g/mol. The fourth-order valence-corrected chi connectivity index (χ4v) is 5.19. The summed E-state index contributed by atoms with van der Waals surface area (Å²) in [5.74, 6) is 0. The third-order valence-electron chi connectivity index (χ3n) is 3.38. The Labute approximate surface area is 132 Å². The first-order chi connectivity index (χ1) is 9.68. The molecule has 1 aliphatic carbocycles. The average Bonchev–Trinajstić information content (AvgIpc) is 3.03. The van der Waals surface area contributed by atoms with Crippen LogP contribution >= 0.6 is 11.3 Å². The first kappa shape index (κ1) is 16.9. The Kier molecular flexibility index (Phi) is 5.13. The minimum absolute atomic E-state index is 0.0455. The van der Waals surface area contributed by atoms with Crippen molar-refractivity contribution in [2.75, 3.05) is 20.1 Å². The van der Waals surface area contributed by atoms with E-state index in [1.165, 1.54) is 28.5 Å². The van der Waals surface area contributed by atoms with Crippen molar-refractivity contribution in [1.29, 1.82) is 0 Å². The van der Waals surface area contributed by atoms with Crippen LogP contribution in [0.1, 0.15) is 38.5 Å². The number of thiophene rings is 1. The van der Waals surface area contributed by atoms with E-state index < -0.39 is 10.0 Å². The monoisotopic (exact) mass is 330 g/mol. The fourth-order valence-electron chi connectivity index (χ4n) is 2.22. The molecule has 4 nitrogen and oxygen atoms in total. The number of hydrogen-bond acceptors (Lipinski definition) is 4. The minimum atomic E-state index is -3.35. The molecule has 0 bridgehead atoms. The molecular formula is C15H26N2O2S2. The van der Waals surface area contributed by atoms with Gasteiger partial charge < -0.3 is 5.32 Å². The van der Waals surface area contributed by atoms with E-state index in [4.69, 9.17) is 0 Å². The van der Waals surface area contributed by atoms with Crippen LogP contribution in [0.5, 0.6) is 0 Å². The quantitative estimate of drug-likeness (QED) is 0.836. The Morgan fingerprint density at radius 1 is 1.33 bits per heavy atom. The molecule has 2 rings (SSSR count). The minimum Gasteiger partial charge on any atom is -0.314 e. The fraction of sp³-hybridized carbons (Fsp3) is 0.733. The van der Waals surface area contributed by atoms with Gasteiger partial charge >= 0.3 is 0 Å². The van der Waals surface area contributed by atoms with Crippen LogP contribution in [0.2, 0.25) is 0 Å². The molecule has 0 aromatic carbocycles. The molecule has 0 radical (unpaired) electrons. The molecule has 1 N–H and O–H groups in total. The number of nitrogens with one attached hydrogen (secondary N) is 1. The Bertz CT molecular complexity index is 569. The van der Waals surface area contributed by atoms with Crippen LogP contribution in [0.25, 0.3) is 0 Å². The summed E-state index contributed by atoms with van der Waals surface area (Å²) in [4.78, 5) is 1.13. The van der Waals surface area contributed by atoms with Crippen LogP contribution in [-0.4, -0.2) is 38.9 Å². The van der Waals surface area contributed by atoms with Gasteiger partial charge in [0.15, 0.2) is 0 Å². The molecule has 21 heavy (non-hydrogen) atoms. The number of sulfonamides is 1. The van der Waals surface area contributed by atoms with Gasteiger partial charge in [-0.1, -0.05) is 20.8 Å². The van der Waals surface area contributed by atoms with Crippen molar-refractivity contribution >= 4 is 21.4 Å². The second-order valence-electron chi connectivity index (χ2n) is 7.02. The van der Waals surface area contributed by atoms with Gasteiger partial charge in [0.05, 0.1) is 0 Å². The van der Waals surface area contributed by atoms with Crippen LogP contribution in [0, 0.1) is 5.41 Å². The summed E-state index contributed by atoms with van der Waals surface area (Å²) < 4.78 is 27.0. The average molecular weight is 331 g/mol. The third-order valence-corrected chi connectivity index (χ3v) is 6.80. The number of hydrogen-bond donors (Lipinski definition) is 1. The van der Waals surface area contributed by atoms with E-state index in [0.717, 1.165) is 17.8 Å². The van der Waals surface area contributed by atoms with Crippen molar-refractivity contribution in [2.24, 2.45) is 5.41 Å². The van der Waals surface area contributed by atoms with E-state index in [-0.39, 0.29) is 5.41 Å². The van der Waals surface area contributed by atoms with Crippen molar-refractivity contribution < 1.29 is 8.42 Å². The molecule has 0 unspecified atom stereocenters. The molecule has 0 saturated heterocycles. The molecule has 1 fully saturated rings. The van der Waals surface area contributed by atoms with Crippen molar-refractivity contribution in [3.05, 3.63) is 17.0 Å². The molecule has 0 atom stereocenters. The maximum absolute atomic E-state index is 12.5. The molecule has 1 saturated carbocycles. The second kappa shape index (κ2) is 6.36. The molecule has 0 aliphatic heterocycles. The van der Waals surface area contributed by atoms with Crippen LogP contribution < -0.4 is 5.32 Å². The predicted molar refractivity (Wildman–Crippen MR) is 88.3 cm³/mol. The lowest BCUT2D eigenvalue weighted by molar-refractivity contribution is 0.311. The van der Waals surface area contributed by atoms with Gasteiger partial charge in [-0.05, 0) is 36.8 Å². The SMILES string of the molecule is CN(CC(C)(C)C)S(=O)(=O)c1ccc(CCNC2CC2)s1. The van der Waals surface area contributed by atoms with Gasteiger partial charge in [-0.15, -0.1) is 11.3 Å². The number of rotatable bonds is 7. The first-order valence-corrected chi connectivity index (χ1v) is 9.72. The third kappa shape index (κ3) is 5.06. The van der Waals surface area contributed by atoms with Crippen LogP contribution in [-0.2, 0) is 16.4 Å². The van der Waals surface area contributed by atoms with Gasteiger partial charge in [0, 0.05) is 31.1 Å². The van der Waals surface area contributed by atoms with E-state index in [0.29, 0.717) is 16.8 Å². The van der Waals surface area contributed by atoms with Crippen molar-refractivity contribution in [2.45, 2.75) is 50.3 Å². The summed E-state index contributed by atoms with van der Waals surface area (Å²) in [6.07, 6.45) is 3.46. The topological polar surface area (TPSA) is 49.4 Å². The predicted octanol–water partition coefficient (Wildman–Crippen LogP) is 2.71. The Balaban J connectivity index is 1.97. The largest absolute Gasteiger partial charge is 0.314 e. The van der Waals surface area contributed by atoms with Gasteiger partial charge in [-0.3, -0.25) is 0 Å². The molecule has 1 aliphatic rings. The first-order valence-electron chi connectivity index (χ1n) is 7.47. The summed E-state index contributed by atoms with van der Waals surface area (Å²) in [6, 6.07) is 4.38. The second-order valence-corrected chi connectivity index (χ2v) is 10.5. The normalized spacial score (nSPS) is 16.6. The summed E-state index contributed by atoms with van der Waals surface area (Å²) >= 11 is 1.40. The van der Waals surface area contributed by atoms with Crippen LogP contribution in [0.4, 0.5) is 0 Å². The maximum Gasteiger partial charge on any atom is 0.252 e. The Hall–Kier alpha value is -0.430. The van der Waals surface area contributed by atoms with Crippen LogP contribution in [0.3, 0.4) is 0 Å². The van der Waals surface area contributed by atoms with Crippen molar-refractivity contribution in [3.8, 4) is 0 Å². The summed E-state index contributed by atoms with van der Waals surface area (Å²) in [6.45, 7) is 7.58. The van der Waals surface area contributed by atoms with Gasteiger partial charge in [-0.2, -0.15) is 4.31 Å². The molecule has 6 heteroatoms. The highest BCUT2D eigenvalue weighted by Gasteiger charge is 2.26. The van der Waals surface area contributed by atoms with E-state index >= 15 is 0 Å². The van der Waals surface area contributed by atoms with E-state index in [1.54, 1.807) is 13.1 Å². The lowest BCUT2D eigenvalue weighted by Crippen LogP contribution is -2.34. The highest BCUT2D eigenvalue weighted by Crippen LogP contribution is 2.27. The molecule has 0 spiro atoms. The van der Waals surface area contributed by atoms with Crippen molar-refractivity contribution in [1.82, 2.24) is 9.62 Å². The Morgan fingerprint density at radius 3 is 2.57 bits per heavy atom. The molecule has 1 aromatic rings. The number of nitrogens with zero attached hydrogens (tertiary/aromatic N) is 1. The zero-order valence-electron chi connectivity index (χ0n) is 13.3. The highest BCUT2D eigenvalue weighted by atomic mass is 32.2. The smallest absolute Gasteiger partial charge is 0.252 e. The standard InChI is InChI=1S/C15H26N2O2S2/c1-15(2,3)11-17(4)21(18,19)14-8-7-13(20-14)9-10-16-12-5-6-12/h7-8,12,16H,5-6,9-11H2,1-4H3. The summed E-state index contributed by atoms with van der Waals surface area (Å²) in [5, 5.41) is 3.45. The molecule has 1 aromatic heterocycles. The lowest BCUT2D eigenvalue weighted by Gasteiger charge is -2.25. The van der Waals surface area contributed by atoms with Gasteiger partial charge in [0.1, 0.15) is 4.21 Å². The van der Waals surface area contributed by atoms with Crippen molar-refractivity contribution in [3.63, 3.8) is 0 Å². The van der Waals surface area contributed by atoms with E-state index in [1.807, 2.05) is 26.8 Å². The zero-order valence-corrected chi connectivity index (χ0v) is 15.0. The summed E-state index contributed by atoms with van der Waals surface area (Å²) in [7, 11) is -1.69. The van der Waals surface area contributed by atoms with E-state index in [2.05, 4.69) is 5.32 Å². The molecule has 0 amide bonds. The van der Waals surface area contributed by atoms with Gasteiger partial charge in [-0.25, -0.2) is 8.42 Å². The highest BCUT2D eigenvalue weighted by molar-refractivity contribution is 7.91. The lowest BCUT2D eigenvalue weighted by atomic mass is 9.97. The van der Waals surface area contributed by atoms with Gasteiger partial charge in [0.2, 0.25) is 0 Å². The summed E-state index contributed by atoms with van der Waals surface area (Å²) in [5.41, 5.74) is -0.0455. The van der Waals surface area contributed by atoms with E-state index in [9.17, 15) is 8.42 Å². The molecule has 120 valence electrons. The van der Waals surface area contributed by atoms with Gasteiger partial charge in [0.25, 0.3) is 10.0 Å². The molecule has 1 heterocycles. The Morgan fingerprint density at radius 2 is 2.00 bits per heavy atom. The van der Waals surface area contributed by atoms with Crippen LogP contribution in [0.15, 0.2) is 16.3 Å².